The van der Waals surface area contributed by atoms with Crippen LogP contribution in [-0.4, -0.2) is 27.2 Å². The lowest BCUT2D eigenvalue weighted by Crippen LogP contribution is -2.36. The Morgan fingerprint density at radius 3 is 2.56 bits per heavy atom. The second kappa shape index (κ2) is 6.72. The molecule has 0 radical (unpaired) electrons. The number of nitriles is 1. The SMILES string of the molecule is C[C@@H](Nc1c(C(N)=O)cnn2cc(-c3ccc(C#N)cc3)cc12)C(C)(C)F. The van der Waals surface area contributed by atoms with Crippen molar-refractivity contribution in [1.29, 1.82) is 5.26 Å². The van der Waals surface area contributed by atoms with Crippen LogP contribution in [0.1, 0.15) is 36.7 Å². The number of carbonyl (C=O) groups is 1. The van der Waals surface area contributed by atoms with E-state index >= 15 is 0 Å². The zero-order chi connectivity index (χ0) is 19.8. The number of amides is 1. The van der Waals surface area contributed by atoms with Gasteiger partial charge in [0, 0.05) is 11.8 Å². The van der Waals surface area contributed by atoms with Gasteiger partial charge in [-0.25, -0.2) is 8.91 Å². The fraction of sp³-hybridized carbons (Fsp3) is 0.250. The molecule has 3 rings (SSSR count). The van der Waals surface area contributed by atoms with E-state index in [1.807, 2.05) is 18.2 Å². The van der Waals surface area contributed by atoms with Crippen LogP contribution in [0.25, 0.3) is 16.6 Å². The van der Waals surface area contributed by atoms with Crippen molar-refractivity contribution in [3.63, 3.8) is 0 Å². The molecule has 0 unspecified atom stereocenters. The van der Waals surface area contributed by atoms with Gasteiger partial charge in [-0.05, 0) is 44.5 Å². The van der Waals surface area contributed by atoms with E-state index in [9.17, 15) is 9.18 Å². The van der Waals surface area contributed by atoms with Gasteiger partial charge < -0.3 is 11.1 Å². The predicted molar refractivity (Wildman–Crippen MR) is 102 cm³/mol. The monoisotopic (exact) mass is 365 g/mol. The van der Waals surface area contributed by atoms with E-state index in [-0.39, 0.29) is 5.56 Å². The van der Waals surface area contributed by atoms with Crippen molar-refractivity contribution < 1.29 is 9.18 Å². The summed E-state index contributed by atoms with van der Waals surface area (Å²) in [5, 5.41) is 16.3. The first-order chi connectivity index (χ1) is 12.7. The minimum atomic E-state index is -1.50. The zero-order valence-corrected chi connectivity index (χ0v) is 15.3. The van der Waals surface area contributed by atoms with E-state index in [1.165, 1.54) is 20.0 Å². The number of benzene rings is 1. The summed E-state index contributed by atoms with van der Waals surface area (Å²) in [7, 11) is 0. The average molecular weight is 365 g/mol. The molecule has 3 N–H and O–H groups in total. The lowest BCUT2D eigenvalue weighted by atomic mass is 10.0. The van der Waals surface area contributed by atoms with Gasteiger partial charge in [0.1, 0.15) is 5.67 Å². The third-order valence-electron chi connectivity index (χ3n) is 4.64. The molecule has 0 bridgehead atoms. The number of nitrogens with zero attached hydrogens (tertiary/aromatic N) is 3. The van der Waals surface area contributed by atoms with E-state index in [0.29, 0.717) is 16.8 Å². The van der Waals surface area contributed by atoms with Crippen LogP contribution in [0, 0.1) is 11.3 Å². The first-order valence-electron chi connectivity index (χ1n) is 8.48. The Bertz CT molecular complexity index is 1040. The van der Waals surface area contributed by atoms with Gasteiger partial charge in [-0.2, -0.15) is 10.4 Å². The molecule has 0 fully saturated rings. The minimum Gasteiger partial charge on any atom is -0.377 e. The molecule has 0 aliphatic carbocycles. The third kappa shape index (κ3) is 3.60. The standard InChI is InChI=1S/C20H20FN5O/c1-12(20(2,3)21)25-18-16(19(23)27)10-24-26-11-15(8-17(18)26)14-6-4-13(9-22)5-7-14/h4-8,10-12,25H,1-3H3,(H2,23,27)/t12-/m1/s1. The number of aromatic nitrogens is 2. The lowest BCUT2D eigenvalue weighted by molar-refractivity contribution is 0.1000. The van der Waals surface area contributed by atoms with Gasteiger partial charge >= 0.3 is 0 Å². The molecule has 0 saturated heterocycles. The van der Waals surface area contributed by atoms with Crippen molar-refractivity contribution in [2.45, 2.75) is 32.5 Å². The lowest BCUT2D eigenvalue weighted by Gasteiger charge is -2.26. The van der Waals surface area contributed by atoms with Gasteiger partial charge in [0.05, 0.1) is 40.6 Å². The third-order valence-corrected chi connectivity index (χ3v) is 4.64. The molecule has 7 heteroatoms. The van der Waals surface area contributed by atoms with Crippen LogP contribution in [-0.2, 0) is 0 Å². The van der Waals surface area contributed by atoms with E-state index in [4.69, 9.17) is 11.0 Å². The molecule has 6 nitrogen and oxygen atoms in total. The Kier molecular flexibility index (Phi) is 4.58. The maximum absolute atomic E-state index is 14.3. The summed E-state index contributed by atoms with van der Waals surface area (Å²) in [6.07, 6.45) is 3.18. The predicted octanol–water partition coefficient (Wildman–Crippen LogP) is 3.52. The highest BCUT2D eigenvalue weighted by molar-refractivity contribution is 6.02. The van der Waals surface area contributed by atoms with Crippen molar-refractivity contribution in [2.75, 3.05) is 5.32 Å². The Hall–Kier alpha value is -3.40. The molecule has 1 aromatic carbocycles. The van der Waals surface area contributed by atoms with E-state index < -0.39 is 17.6 Å². The number of hydrogen-bond acceptors (Lipinski definition) is 4. The van der Waals surface area contributed by atoms with Gasteiger partial charge in [0.2, 0.25) is 0 Å². The van der Waals surface area contributed by atoms with Crippen LogP contribution >= 0.6 is 0 Å². The molecule has 2 aromatic heterocycles. The van der Waals surface area contributed by atoms with Crippen molar-refractivity contribution in [3.05, 3.63) is 53.9 Å². The minimum absolute atomic E-state index is 0.197. The van der Waals surface area contributed by atoms with Crippen LogP contribution < -0.4 is 11.1 Å². The summed E-state index contributed by atoms with van der Waals surface area (Å²) in [6.45, 7) is 4.63. The summed E-state index contributed by atoms with van der Waals surface area (Å²) in [5.74, 6) is -0.641. The molecular weight excluding hydrogens is 345 g/mol. The second-order valence-electron chi connectivity index (χ2n) is 6.98. The first-order valence-corrected chi connectivity index (χ1v) is 8.48. The van der Waals surface area contributed by atoms with Crippen molar-refractivity contribution in [3.8, 4) is 17.2 Å². The van der Waals surface area contributed by atoms with Crippen molar-refractivity contribution in [1.82, 2.24) is 9.61 Å². The molecule has 0 spiro atoms. The summed E-state index contributed by atoms with van der Waals surface area (Å²) in [6, 6.07) is 10.5. The summed E-state index contributed by atoms with van der Waals surface area (Å²) >= 11 is 0. The zero-order valence-electron chi connectivity index (χ0n) is 15.3. The molecule has 1 atom stereocenters. The molecule has 0 aliphatic rings. The molecule has 2 heterocycles. The van der Waals surface area contributed by atoms with Gasteiger partial charge in [0.15, 0.2) is 0 Å². The van der Waals surface area contributed by atoms with Crippen molar-refractivity contribution >= 4 is 17.1 Å². The van der Waals surface area contributed by atoms with Crippen molar-refractivity contribution in [2.24, 2.45) is 5.73 Å². The highest BCUT2D eigenvalue weighted by Gasteiger charge is 2.27. The van der Waals surface area contributed by atoms with Crippen LogP contribution in [0.4, 0.5) is 10.1 Å². The number of hydrogen-bond donors (Lipinski definition) is 2. The maximum Gasteiger partial charge on any atom is 0.252 e. The second-order valence-corrected chi connectivity index (χ2v) is 6.98. The Morgan fingerprint density at radius 2 is 2.00 bits per heavy atom. The normalized spacial score (nSPS) is 12.6. The fourth-order valence-corrected chi connectivity index (χ4v) is 2.68. The highest BCUT2D eigenvalue weighted by atomic mass is 19.1. The maximum atomic E-state index is 14.3. The molecule has 27 heavy (non-hydrogen) atoms. The number of primary amides is 1. The first kappa shape index (κ1) is 18.4. The molecule has 0 aliphatic heterocycles. The smallest absolute Gasteiger partial charge is 0.252 e. The quantitative estimate of drug-likeness (QED) is 0.723. The van der Waals surface area contributed by atoms with Crippen LogP contribution in [0.2, 0.25) is 0 Å². The topological polar surface area (TPSA) is 96.2 Å². The molecule has 1 amide bonds. The van der Waals surface area contributed by atoms with Crippen LogP contribution in [0.5, 0.6) is 0 Å². The van der Waals surface area contributed by atoms with Gasteiger partial charge in [-0.15, -0.1) is 0 Å². The van der Waals surface area contributed by atoms with E-state index in [1.54, 1.807) is 29.8 Å². The van der Waals surface area contributed by atoms with Crippen LogP contribution in [0.15, 0.2) is 42.7 Å². The van der Waals surface area contributed by atoms with Gasteiger partial charge in [-0.1, -0.05) is 12.1 Å². The Labute approximate surface area is 156 Å². The summed E-state index contributed by atoms with van der Waals surface area (Å²) < 4.78 is 15.9. The molecule has 3 aromatic rings. The number of halogens is 1. The van der Waals surface area contributed by atoms with Gasteiger partial charge in [-0.3, -0.25) is 4.79 Å². The van der Waals surface area contributed by atoms with Crippen LogP contribution in [0.3, 0.4) is 0 Å². The number of nitrogens with two attached hydrogens (primary N) is 1. The number of nitrogens with one attached hydrogen (secondary N) is 1. The van der Waals surface area contributed by atoms with E-state index in [0.717, 1.165) is 11.1 Å². The number of anilines is 1. The average Bonchev–Trinajstić information content (AvgIpc) is 3.05. The number of fused-ring (bicyclic) bond motifs is 1. The number of carbonyl (C=O) groups excluding carboxylic acids is 1. The molecule has 138 valence electrons. The van der Waals surface area contributed by atoms with Gasteiger partial charge in [0.25, 0.3) is 5.91 Å². The number of alkyl halides is 1. The number of rotatable bonds is 5. The summed E-state index contributed by atoms with van der Waals surface area (Å²) in [4.78, 5) is 11.9. The Morgan fingerprint density at radius 1 is 1.33 bits per heavy atom. The fourth-order valence-electron chi connectivity index (χ4n) is 2.68. The Balaban J connectivity index is 2.13. The molecular formula is C20H20FN5O. The van der Waals surface area contributed by atoms with E-state index in [2.05, 4.69) is 16.5 Å². The summed E-state index contributed by atoms with van der Waals surface area (Å²) in [5.41, 5.74) is 7.55. The highest BCUT2D eigenvalue weighted by Crippen LogP contribution is 2.30. The molecule has 0 saturated carbocycles. The largest absolute Gasteiger partial charge is 0.377 e.